The summed E-state index contributed by atoms with van der Waals surface area (Å²) < 4.78 is 10.5. The largest absolute Gasteiger partial charge is 0.496 e. The molecule has 6 heteroatoms. The zero-order valence-electron chi connectivity index (χ0n) is 15.5. The highest BCUT2D eigenvalue weighted by molar-refractivity contribution is 6.01. The third-order valence-corrected chi connectivity index (χ3v) is 3.74. The first-order chi connectivity index (χ1) is 13.2. The average molecular weight is 368 g/mol. The van der Waals surface area contributed by atoms with E-state index in [0.29, 0.717) is 23.6 Å². The summed E-state index contributed by atoms with van der Waals surface area (Å²) in [6.07, 6.45) is 4.97. The number of esters is 1. The van der Waals surface area contributed by atoms with Gasteiger partial charge in [-0.2, -0.15) is 0 Å². The summed E-state index contributed by atoms with van der Waals surface area (Å²) in [6, 6.07) is 13.7. The van der Waals surface area contributed by atoms with Gasteiger partial charge in [0.25, 0.3) is 0 Å². The van der Waals surface area contributed by atoms with Crippen molar-refractivity contribution in [3.8, 4) is 5.75 Å². The summed E-state index contributed by atoms with van der Waals surface area (Å²) >= 11 is 0. The standard InChI is InChI=1S/C21H24N2O4/c1-3-4-15-27-20(24)17-10-6-7-11-18(17)23-21(25)22-14-13-16-9-5-8-12-19(16)26-2/h5-14H,3-4,15H2,1-2H3,(H2,22,23,25)/b14-13+. The highest BCUT2D eigenvalue weighted by Gasteiger charge is 2.13. The topological polar surface area (TPSA) is 76.7 Å². The second kappa shape index (κ2) is 10.7. The third-order valence-electron chi connectivity index (χ3n) is 3.74. The molecule has 27 heavy (non-hydrogen) atoms. The second-order valence-electron chi connectivity index (χ2n) is 5.71. The van der Waals surface area contributed by atoms with Gasteiger partial charge < -0.3 is 20.1 Å². The lowest BCUT2D eigenvalue weighted by Crippen LogP contribution is -2.25. The van der Waals surface area contributed by atoms with E-state index >= 15 is 0 Å². The second-order valence-corrected chi connectivity index (χ2v) is 5.71. The predicted molar refractivity (Wildman–Crippen MR) is 106 cm³/mol. The highest BCUT2D eigenvalue weighted by Crippen LogP contribution is 2.18. The van der Waals surface area contributed by atoms with E-state index in [0.717, 1.165) is 18.4 Å². The molecular formula is C21H24N2O4. The number of unbranched alkanes of at least 4 members (excludes halogenated alkanes) is 1. The molecule has 0 aliphatic carbocycles. The Labute approximate surface area is 159 Å². The molecule has 0 aliphatic heterocycles. The van der Waals surface area contributed by atoms with Crippen LogP contribution in [-0.4, -0.2) is 25.7 Å². The molecule has 2 aromatic carbocycles. The highest BCUT2D eigenvalue weighted by atomic mass is 16.5. The van der Waals surface area contributed by atoms with Gasteiger partial charge in [0.1, 0.15) is 5.75 Å². The predicted octanol–water partition coefficient (Wildman–Crippen LogP) is 4.44. The van der Waals surface area contributed by atoms with Crippen molar-refractivity contribution < 1.29 is 19.1 Å². The average Bonchev–Trinajstić information content (AvgIpc) is 2.69. The number of rotatable bonds is 8. The lowest BCUT2D eigenvalue weighted by atomic mass is 10.2. The number of urea groups is 1. The molecule has 0 radical (unpaired) electrons. The van der Waals surface area contributed by atoms with Crippen molar-refractivity contribution in [3.63, 3.8) is 0 Å². The van der Waals surface area contributed by atoms with Crippen molar-refractivity contribution in [1.82, 2.24) is 5.32 Å². The molecule has 0 atom stereocenters. The van der Waals surface area contributed by atoms with Gasteiger partial charge in [-0.1, -0.05) is 43.7 Å². The smallest absolute Gasteiger partial charge is 0.340 e. The summed E-state index contributed by atoms with van der Waals surface area (Å²) in [6.45, 7) is 2.38. The van der Waals surface area contributed by atoms with Crippen LogP contribution in [0.25, 0.3) is 6.08 Å². The quantitative estimate of drug-likeness (QED) is 0.533. The van der Waals surface area contributed by atoms with E-state index < -0.39 is 12.0 Å². The van der Waals surface area contributed by atoms with Crippen molar-refractivity contribution in [1.29, 1.82) is 0 Å². The first-order valence-corrected chi connectivity index (χ1v) is 8.79. The van der Waals surface area contributed by atoms with E-state index in [1.165, 1.54) is 6.20 Å². The van der Waals surface area contributed by atoms with Gasteiger partial charge in [0.05, 0.1) is 25.0 Å². The van der Waals surface area contributed by atoms with Crippen LogP contribution >= 0.6 is 0 Å². The molecule has 0 saturated carbocycles. The zero-order valence-corrected chi connectivity index (χ0v) is 15.5. The fourth-order valence-corrected chi connectivity index (χ4v) is 2.33. The number of benzene rings is 2. The van der Waals surface area contributed by atoms with Gasteiger partial charge in [-0.15, -0.1) is 0 Å². The van der Waals surface area contributed by atoms with Gasteiger partial charge >= 0.3 is 12.0 Å². The van der Waals surface area contributed by atoms with E-state index in [2.05, 4.69) is 10.6 Å². The summed E-state index contributed by atoms with van der Waals surface area (Å²) in [5.74, 6) is 0.250. The van der Waals surface area contributed by atoms with Crippen molar-refractivity contribution in [2.24, 2.45) is 0 Å². The number of methoxy groups -OCH3 is 1. The fourth-order valence-electron chi connectivity index (χ4n) is 2.33. The molecule has 2 aromatic rings. The minimum Gasteiger partial charge on any atom is -0.496 e. The molecule has 0 fully saturated rings. The number of hydrogen-bond donors (Lipinski definition) is 2. The van der Waals surface area contributed by atoms with Crippen LogP contribution in [0.15, 0.2) is 54.7 Å². The first kappa shape index (κ1) is 20.0. The van der Waals surface area contributed by atoms with Gasteiger partial charge in [0.2, 0.25) is 0 Å². The van der Waals surface area contributed by atoms with Gasteiger partial charge in [0, 0.05) is 11.8 Å². The number of nitrogens with one attached hydrogen (secondary N) is 2. The van der Waals surface area contributed by atoms with Gasteiger partial charge in [-0.25, -0.2) is 9.59 Å². The maximum atomic E-state index is 12.2. The Morgan fingerprint density at radius 2 is 1.81 bits per heavy atom. The fraction of sp³-hybridized carbons (Fsp3) is 0.238. The molecule has 0 unspecified atom stereocenters. The molecule has 0 heterocycles. The Hall–Kier alpha value is -3.28. The SMILES string of the molecule is CCCCOC(=O)c1ccccc1NC(=O)N/C=C/c1ccccc1OC. The number of para-hydroxylation sites is 2. The lowest BCUT2D eigenvalue weighted by molar-refractivity contribution is 0.0501. The monoisotopic (exact) mass is 368 g/mol. The summed E-state index contributed by atoms with van der Waals surface area (Å²) in [5.41, 5.74) is 1.54. The van der Waals surface area contributed by atoms with Crippen LogP contribution in [0.1, 0.15) is 35.7 Å². The van der Waals surface area contributed by atoms with Crippen LogP contribution < -0.4 is 15.4 Å². The molecule has 0 saturated heterocycles. The maximum absolute atomic E-state index is 12.2. The molecule has 142 valence electrons. The van der Waals surface area contributed by atoms with Crippen LogP contribution in [0.4, 0.5) is 10.5 Å². The van der Waals surface area contributed by atoms with Crippen molar-refractivity contribution in [3.05, 3.63) is 65.9 Å². The van der Waals surface area contributed by atoms with Crippen LogP contribution in [0.2, 0.25) is 0 Å². The Bertz CT molecular complexity index is 802. The summed E-state index contributed by atoms with van der Waals surface area (Å²) in [4.78, 5) is 24.3. The van der Waals surface area contributed by atoms with Crippen LogP contribution in [-0.2, 0) is 4.74 Å². The molecule has 2 N–H and O–H groups in total. The number of anilines is 1. The Morgan fingerprint density at radius 3 is 2.59 bits per heavy atom. The van der Waals surface area contributed by atoms with E-state index in [1.54, 1.807) is 37.5 Å². The van der Waals surface area contributed by atoms with Crippen LogP contribution in [0, 0.1) is 0 Å². The van der Waals surface area contributed by atoms with Crippen molar-refractivity contribution >= 4 is 23.8 Å². The van der Waals surface area contributed by atoms with Gasteiger partial charge in [0.15, 0.2) is 0 Å². The lowest BCUT2D eigenvalue weighted by Gasteiger charge is -2.10. The molecule has 0 aromatic heterocycles. The molecule has 0 bridgehead atoms. The van der Waals surface area contributed by atoms with Gasteiger partial charge in [-0.05, 0) is 30.7 Å². The van der Waals surface area contributed by atoms with Crippen LogP contribution in [0.3, 0.4) is 0 Å². The van der Waals surface area contributed by atoms with Gasteiger partial charge in [-0.3, -0.25) is 0 Å². The Kier molecular flexibility index (Phi) is 7.91. The number of carbonyl (C=O) groups excluding carboxylic acids is 2. The molecule has 6 nitrogen and oxygen atoms in total. The molecule has 0 aliphatic rings. The Morgan fingerprint density at radius 1 is 1.07 bits per heavy atom. The molecule has 2 rings (SSSR count). The minimum atomic E-state index is -0.463. The zero-order chi connectivity index (χ0) is 19.5. The van der Waals surface area contributed by atoms with Crippen molar-refractivity contribution in [2.45, 2.75) is 19.8 Å². The first-order valence-electron chi connectivity index (χ1n) is 8.79. The minimum absolute atomic E-state index is 0.317. The number of hydrogen-bond acceptors (Lipinski definition) is 4. The third kappa shape index (κ3) is 6.18. The van der Waals surface area contributed by atoms with E-state index in [-0.39, 0.29) is 0 Å². The van der Waals surface area contributed by atoms with Crippen molar-refractivity contribution in [2.75, 3.05) is 19.0 Å². The molecule has 0 spiro atoms. The Balaban J connectivity index is 1.97. The number of ether oxygens (including phenoxy) is 2. The van der Waals surface area contributed by atoms with E-state index in [4.69, 9.17) is 9.47 Å². The van der Waals surface area contributed by atoms with Crippen LogP contribution in [0.5, 0.6) is 5.75 Å². The summed E-state index contributed by atoms with van der Waals surface area (Å²) in [5, 5.41) is 5.27. The normalized spacial score (nSPS) is 10.4. The maximum Gasteiger partial charge on any atom is 0.340 e. The number of amides is 2. The van der Waals surface area contributed by atoms with E-state index in [1.807, 2.05) is 31.2 Å². The number of carbonyl (C=O) groups is 2. The molecule has 2 amide bonds. The van der Waals surface area contributed by atoms with E-state index in [9.17, 15) is 9.59 Å². The molecular weight excluding hydrogens is 344 g/mol. The summed E-state index contributed by atoms with van der Waals surface area (Å²) in [7, 11) is 1.59.